The second-order valence-corrected chi connectivity index (χ2v) is 8.75. The van der Waals surface area contributed by atoms with Gasteiger partial charge in [0, 0.05) is 18.2 Å². The molecule has 4 atom stereocenters. The number of allylic oxidation sites excluding steroid dienone is 2. The van der Waals surface area contributed by atoms with Crippen LogP contribution in [0, 0.1) is 33.8 Å². The Bertz CT molecular complexity index is 1320. The zero-order valence-corrected chi connectivity index (χ0v) is 19.1. The molecular formula is C26H21N3O7. The van der Waals surface area contributed by atoms with Gasteiger partial charge in [-0.25, -0.2) is 4.79 Å². The Balaban J connectivity index is 1.24. The predicted octanol–water partition coefficient (Wildman–Crippen LogP) is 3.36. The summed E-state index contributed by atoms with van der Waals surface area (Å²) in [5, 5.41) is 15.8. The van der Waals surface area contributed by atoms with Crippen LogP contribution < -0.4 is 9.47 Å². The molecule has 0 N–H and O–H groups in total. The fraction of sp³-hybridized carbons (Fsp3) is 0.231. The van der Waals surface area contributed by atoms with Crippen molar-refractivity contribution in [1.82, 2.24) is 5.01 Å². The van der Waals surface area contributed by atoms with Crippen LogP contribution in [-0.2, 0) is 14.4 Å². The summed E-state index contributed by atoms with van der Waals surface area (Å²) in [6, 6.07) is 10.4. The number of amides is 2. The van der Waals surface area contributed by atoms with Crippen LogP contribution in [-0.4, -0.2) is 41.0 Å². The largest absolute Gasteiger partial charge is 0.493 e. The number of nitro benzene ring substituents is 1. The molecule has 0 aromatic heterocycles. The van der Waals surface area contributed by atoms with Crippen molar-refractivity contribution in [2.45, 2.75) is 6.42 Å². The van der Waals surface area contributed by atoms with E-state index in [1.807, 2.05) is 12.2 Å². The number of methoxy groups -OCH3 is 1. The monoisotopic (exact) mass is 487 g/mol. The Hall–Kier alpha value is -4.60. The maximum absolute atomic E-state index is 12.8. The highest BCUT2D eigenvalue weighted by Crippen LogP contribution is 2.52. The van der Waals surface area contributed by atoms with E-state index in [-0.39, 0.29) is 52.7 Å². The molecule has 0 spiro atoms. The highest BCUT2D eigenvalue weighted by molar-refractivity contribution is 6.06. The normalized spacial score (nSPS) is 24.2. The van der Waals surface area contributed by atoms with Gasteiger partial charge in [-0.15, -0.1) is 0 Å². The highest BCUT2D eigenvalue weighted by atomic mass is 16.6. The molecule has 10 heteroatoms. The lowest BCUT2D eigenvalue weighted by atomic mass is 9.85. The number of nitrogens with zero attached hydrogens (tertiary/aromatic N) is 3. The summed E-state index contributed by atoms with van der Waals surface area (Å²) in [4.78, 5) is 48.0. The lowest BCUT2D eigenvalue weighted by Crippen LogP contribution is -2.28. The molecule has 1 saturated heterocycles. The summed E-state index contributed by atoms with van der Waals surface area (Å²) in [7, 11) is 1.41. The first-order valence-electron chi connectivity index (χ1n) is 11.3. The molecular weight excluding hydrogens is 466 g/mol. The minimum absolute atomic E-state index is 0.0477. The lowest BCUT2D eigenvalue weighted by Gasteiger charge is -2.13. The van der Waals surface area contributed by atoms with Crippen molar-refractivity contribution >= 4 is 35.8 Å². The van der Waals surface area contributed by atoms with Crippen LogP contribution in [0.2, 0.25) is 0 Å². The van der Waals surface area contributed by atoms with E-state index in [4.69, 9.17) is 9.47 Å². The number of nitro groups is 1. The third-order valence-corrected chi connectivity index (χ3v) is 6.68. The van der Waals surface area contributed by atoms with Crippen LogP contribution in [0.25, 0.3) is 6.08 Å². The Morgan fingerprint density at radius 2 is 1.67 bits per heavy atom. The summed E-state index contributed by atoms with van der Waals surface area (Å²) < 4.78 is 10.7. The van der Waals surface area contributed by atoms with Crippen molar-refractivity contribution in [1.29, 1.82) is 0 Å². The molecule has 2 fully saturated rings. The third kappa shape index (κ3) is 4.17. The number of hydrogen-bond donors (Lipinski definition) is 0. The second kappa shape index (κ2) is 9.21. The Kier molecular flexibility index (Phi) is 5.93. The molecule has 0 unspecified atom stereocenters. The number of hydrogen-bond acceptors (Lipinski definition) is 8. The van der Waals surface area contributed by atoms with Crippen LogP contribution in [0.5, 0.6) is 11.5 Å². The van der Waals surface area contributed by atoms with Gasteiger partial charge in [-0.3, -0.25) is 19.7 Å². The average molecular weight is 487 g/mol. The number of benzene rings is 2. The van der Waals surface area contributed by atoms with E-state index in [1.54, 1.807) is 12.1 Å². The summed E-state index contributed by atoms with van der Waals surface area (Å²) in [5.41, 5.74) is 1.09. The van der Waals surface area contributed by atoms with Crippen molar-refractivity contribution < 1.29 is 28.8 Å². The van der Waals surface area contributed by atoms with Crippen molar-refractivity contribution in [3.05, 3.63) is 81.9 Å². The number of carbonyl (C=O) groups excluding carboxylic acids is 3. The van der Waals surface area contributed by atoms with Gasteiger partial charge in [-0.2, -0.15) is 10.1 Å². The van der Waals surface area contributed by atoms with Crippen LogP contribution in [0.3, 0.4) is 0 Å². The van der Waals surface area contributed by atoms with Crippen LogP contribution in [0.1, 0.15) is 17.5 Å². The van der Waals surface area contributed by atoms with Crippen LogP contribution in [0.4, 0.5) is 5.69 Å². The van der Waals surface area contributed by atoms with E-state index in [0.717, 1.165) is 11.4 Å². The number of imide groups is 1. The van der Waals surface area contributed by atoms with E-state index in [9.17, 15) is 24.5 Å². The minimum atomic E-state index is -0.670. The lowest BCUT2D eigenvalue weighted by molar-refractivity contribution is -0.384. The van der Waals surface area contributed by atoms with Gasteiger partial charge in [0.1, 0.15) is 0 Å². The summed E-state index contributed by atoms with van der Waals surface area (Å²) >= 11 is 0. The highest BCUT2D eigenvalue weighted by Gasteiger charge is 2.59. The molecule has 2 aliphatic carbocycles. The van der Waals surface area contributed by atoms with Gasteiger partial charge >= 0.3 is 5.97 Å². The maximum atomic E-state index is 12.8. The molecule has 1 heterocycles. The van der Waals surface area contributed by atoms with Crippen molar-refractivity contribution in [3.8, 4) is 11.5 Å². The number of fused-ring (bicyclic) bond motifs is 5. The third-order valence-electron chi connectivity index (χ3n) is 6.68. The van der Waals surface area contributed by atoms with Crippen LogP contribution in [0.15, 0.2) is 65.8 Å². The Morgan fingerprint density at radius 1 is 1.03 bits per heavy atom. The fourth-order valence-corrected chi connectivity index (χ4v) is 4.99. The summed E-state index contributed by atoms with van der Waals surface area (Å²) in [5.74, 6) is -1.20. The SMILES string of the molecule is COc1cc(C=NN2C(=O)[C@@H]3[C@H](C2=O)[C@H]2C=C[C@H]3C2)ccc1OC(=O)/C=C/c1ccc([N+](=O)[O-])cc1. The van der Waals surface area contributed by atoms with Gasteiger partial charge in [-0.05, 0) is 65.8 Å². The molecule has 3 aliphatic rings. The quantitative estimate of drug-likeness (QED) is 0.0856. The summed E-state index contributed by atoms with van der Waals surface area (Å²) in [6.07, 6.45) is 8.96. The van der Waals surface area contributed by atoms with Gasteiger partial charge in [0.05, 0.1) is 30.1 Å². The summed E-state index contributed by atoms with van der Waals surface area (Å²) in [6.45, 7) is 0. The first kappa shape index (κ1) is 23.2. The van der Waals surface area contributed by atoms with Gasteiger partial charge in [0.25, 0.3) is 17.5 Å². The van der Waals surface area contributed by atoms with Gasteiger partial charge in [0.2, 0.25) is 0 Å². The number of hydrazone groups is 1. The molecule has 2 aromatic carbocycles. The molecule has 2 bridgehead atoms. The zero-order chi connectivity index (χ0) is 25.4. The van der Waals surface area contributed by atoms with E-state index < -0.39 is 10.9 Å². The van der Waals surface area contributed by atoms with Gasteiger partial charge in [-0.1, -0.05) is 12.2 Å². The predicted molar refractivity (Wildman–Crippen MR) is 128 cm³/mol. The minimum Gasteiger partial charge on any atom is -0.493 e. The number of non-ortho nitro benzene ring substituents is 1. The molecule has 0 radical (unpaired) electrons. The van der Waals surface area contributed by atoms with E-state index in [2.05, 4.69) is 5.10 Å². The Morgan fingerprint density at radius 3 is 2.28 bits per heavy atom. The molecule has 10 nitrogen and oxygen atoms in total. The number of esters is 1. The second-order valence-electron chi connectivity index (χ2n) is 8.75. The van der Waals surface area contributed by atoms with Crippen molar-refractivity contribution in [2.75, 3.05) is 7.11 Å². The van der Waals surface area contributed by atoms with Crippen molar-refractivity contribution in [3.63, 3.8) is 0 Å². The van der Waals surface area contributed by atoms with Gasteiger partial charge < -0.3 is 9.47 Å². The molecule has 36 heavy (non-hydrogen) atoms. The van der Waals surface area contributed by atoms with Crippen molar-refractivity contribution in [2.24, 2.45) is 28.8 Å². The molecule has 2 amide bonds. The zero-order valence-electron chi connectivity index (χ0n) is 19.1. The standard InChI is InChI=1S/C26H21N3O7/c1-35-21-12-16(14-27-28-25(31)23-17-6-7-18(13-17)24(23)26(28)32)4-10-20(21)36-22(30)11-5-15-2-8-19(9-3-15)29(33)34/h2-12,14,17-18,23-24H,13H2,1H3/b11-5+,27-14?/t17-,18-,23-,24+/m0/s1. The van der Waals surface area contributed by atoms with E-state index >= 15 is 0 Å². The first-order valence-corrected chi connectivity index (χ1v) is 11.3. The number of ether oxygens (including phenoxy) is 2. The smallest absolute Gasteiger partial charge is 0.336 e. The average Bonchev–Trinajstić information content (AvgIpc) is 3.56. The molecule has 1 aliphatic heterocycles. The molecule has 5 rings (SSSR count). The topological polar surface area (TPSA) is 128 Å². The number of carbonyl (C=O) groups is 3. The van der Waals surface area contributed by atoms with E-state index in [0.29, 0.717) is 11.1 Å². The molecule has 1 saturated carbocycles. The van der Waals surface area contributed by atoms with Crippen LogP contribution >= 0.6 is 0 Å². The first-order chi connectivity index (χ1) is 17.4. The Labute approximate surface area is 205 Å². The number of rotatable bonds is 7. The van der Waals surface area contributed by atoms with Gasteiger partial charge in [0.15, 0.2) is 11.5 Å². The van der Waals surface area contributed by atoms with E-state index in [1.165, 1.54) is 55.8 Å². The molecule has 182 valence electrons. The maximum Gasteiger partial charge on any atom is 0.336 e. The fourth-order valence-electron chi connectivity index (χ4n) is 4.99. The molecule has 2 aromatic rings.